The van der Waals surface area contributed by atoms with E-state index in [0.717, 1.165) is 33.9 Å². The lowest BCUT2D eigenvalue weighted by molar-refractivity contribution is -0.143. The summed E-state index contributed by atoms with van der Waals surface area (Å²) in [5.41, 5.74) is 3.42. The maximum absolute atomic E-state index is 12.9. The van der Waals surface area contributed by atoms with E-state index in [9.17, 15) is 9.59 Å². The molecule has 0 aromatic heterocycles. The second-order valence-corrected chi connectivity index (χ2v) is 6.83. The molecule has 0 fully saturated rings. The van der Waals surface area contributed by atoms with Crippen LogP contribution in [0.5, 0.6) is 5.75 Å². The van der Waals surface area contributed by atoms with E-state index < -0.39 is 0 Å². The van der Waals surface area contributed by atoms with Gasteiger partial charge >= 0.3 is 5.97 Å². The first kappa shape index (κ1) is 18.2. The van der Waals surface area contributed by atoms with Crippen molar-refractivity contribution in [1.29, 1.82) is 0 Å². The van der Waals surface area contributed by atoms with Crippen molar-refractivity contribution in [2.45, 2.75) is 26.2 Å². The van der Waals surface area contributed by atoms with Gasteiger partial charge in [-0.2, -0.15) is 0 Å². The van der Waals surface area contributed by atoms with Gasteiger partial charge < -0.3 is 9.47 Å². The van der Waals surface area contributed by atoms with Crippen molar-refractivity contribution in [3.63, 3.8) is 0 Å². The van der Waals surface area contributed by atoms with Crippen LogP contribution < -0.4 is 4.74 Å². The molecular formula is C24H22O4. The average Bonchev–Trinajstić information content (AvgIpc) is 3.00. The number of esters is 1. The molecule has 0 spiro atoms. The van der Waals surface area contributed by atoms with Crippen molar-refractivity contribution >= 4 is 22.5 Å². The van der Waals surface area contributed by atoms with Gasteiger partial charge in [0.2, 0.25) is 0 Å². The zero-order valence-corrected chi connectivity index (χ0v) is 15.9. The number of rotatable bonds is 7. The van der Waals surface area contributed by atoms with Gasteiger partial charge in [0.05, 0.1) is 13.2 Å². The first-order valence-electron chi connectivity index (χ1n) is 9.69. The van der Waals surface area contributed by atoms with Crippen LogP contribution in [0, 0.1) is 0 Å². The summed E-state index contributed by atoms with van der Waals surface area (Å²) in [6, 6.07) is 17.6. The highest BCUT2D eigenvalue weighted by Gasteiger charge is 2.29. The van der Waals surface area contributed by atoms with Gasteiger partial charge in [0.15, 0.2) is 5.78 Å². The SMILES string of the molecule is CCOC(=O)CCCCOc1cc2c(c3ccccc13)-c1ccccc1C2=O. The highest BCUT2D eigenvalue weighted by Crippen LogP contribution is 2.44. The van der Waals surface area contributed by atoms with Crippen molar-refractivity contribution in [1.82, 2.24) is 0 Å². The molecule has 1 aliphatic carbocycles. The Morgan fingerprint density at radius 3 is 2.39 bits per heavy atom. The summed E-state index contributed by atoms with van der Waals surface area (Å²) in [4.78, 5) is 24.3. The monoisotopic (exact) mass is 374 g/mol. The maximum atomic E-state index is 12.9. The molecule has 0 N–H and O–H groups in total. The van der Waals surface area contributed by atoms with Gasteiger partial charge in [0.25, 0.3) is 0 Å². The molecule has 0 atom stereocenters. The third kappa shape index (κ3) is 3.26. The van der Waals surface area contributed by atoms with Crippen molar-refractivity contribution in [3.8, 4) is 16.9 Å². The Labute approximate surface area is 164 Å². The summed E-state index contributed by atoms with van der Waals surface area (Å²) in [6.07, 6.45) is 1.86. The van der Waals surface area contributed by atoms with E-state index in [-0.39, 0.29) is 11.8 Å². The molecule has 0 saturated heterocycles. The first-order chi connectivity index (χ1) is 13.7. The minimum absolute atomic E-state index is 0.0449. The topological polar surface area (TPSA) is 52.6 Å². The Kier molecular flexibility index (Phi) is 5.11. The third-order valence-corrected chi connectivity index (χ3v) is 5.03. The van der Waals surface area contributed by atoms with Gasteiger partial charge in [0.1, 0.15) is 5.75 Å². The fourth-order valence-electron chi connectivity index (χ4n) is 3.76. The maximum Gasteiger partial charge on any atom is 0.305 e. The molecular weight excluding hydrogens is 352 g/mol. The van der Waals surface area contributed by atoms with E-state index in [2.05, 4.69) is 0 Å². The Bertz CT molecular complexity index is 1050. The number of hydrogen-bond donors (Lipinski definition) is 0. The van der Waals surface area contributed by atoms with E-state index in [1.807, 2.05) is 54.6 Å². The standard InChI is InChI=1S/C24H22O4/c1-2-27-22(25)13-7-8-14-28-21-15-20-23(17-10-4-3-9-16(17)21)18-11-5-6-12-19(18)24(20)26/h3-6,9-12,15H,2,7-8,13-14H2,1H3. The lowest BCUT2D eigenvalue weighted by Gasteiger charge is -2.13. The van der Waals surface area contributed by atoms with E-state index in [4.69, 9.17) is 9.47 Å². The Morgan fingerprint density at radius 2 is 1.61 bits per heavy atom. The van der Waals surface area contributed by atoms with Crippen molar-refractivity contribution < 1.29 is 19.1 Å². The predicted octanol–water partition coefficient (Wildman–Crippen LogP) is 5.16. The number of benzene rings is 3. The van der Waals surface area contributed by atoms with Crippen LogP contribution in [-0.2, 0) is 9.53 Å². The van der Waals surface area contributed by atoms with Gasteiger partial charge in [0, 0.05) is 28.5 Å². The number of fused-ring (bicyclic) bond motifs is 5. The van der Waals surface area contributed by atoms with Gasteiger partial charge in [-0.25, -0.2) is 0 Å². The molecule has 0 heterocycles. The largest absolute Gasteiger partial charge is 0.493 e. The Morgan fingerprint density at radius 1 is 0.893 bits per heavy atom. The predicted molar refractivity (Wildman–Crippen MR) is 109 cm³/mol. The molecule has 0 unspecified atom stereocenters. The lowest BCUT2D eigenvalue weighted by Crippen LogP contribution is -2.05. The van der Waals surface area contributed by atoms with E-state index >= 15 is 0 Å². The second kappa shape index (κ2) is 7.85. The molecule has 4 rings (SSSR count). The number of unbranched alkanes of at least 4 members (excludes halogenated alkanes) is 1. The normalized spacial score (nSPS) is 12.0. The minimum atomic E-state index is -0.172. The molecule has 28 heavy (non-hydrogen) atoms. The fourth-order valence-corrected chi connectivity index (χ4v) is 3.76. The van der Waals surface area contributed by atoms with Crippen LogP contribution in [0.4, 0.5) is 0 Å². The molecule has 0 aliphatic heterocycles. The van der Waals surface area contributed by atoms with Crippen LogP contribution in [0.15, 0.2) is 54.6 Å². The second-order valence-electron chi connectivity index (χ2n) is 6.83. The molecule has 142 valence electrons. The molecule has 3 aromatic rings. The summed E-state index contributed by atoms with van der Waals surface area (Å²) in [6.45, 7) is 2.70. The fraction of sp³-hybridized carbons (Fsp3) is 0.250. The smallest absolute Gasteiger partial charge is 0.305 e. The van der Waals surface area contributed by atoms with E-state index in [1.165, 1.54) is 0 Å². The van der Waals surface area contributed by atoms with Gasteiger partial charge in [-0.05, 0) is 36.8 Å². The summed E-state index contributed by atoms with van der Waals surface area (Å²) in [7, 11) is 0. The van der Waals surface area contributed by atoms with Crippen molar-refractivity contribution in [3.05, 3.63) is 65.7 Å². The Balaban J connectivity index is 1.58. The molecule has 3 aromatic carbocycles. The summed E-state index contributed by atoms with van der Waals surface area (Å²) >= 11 is 0. The molecule has 0 bridgehead atoms. The minimum Gasteiger partial charge on any atom is -0.493 e. The van der Waals surface area contributed by atoms with E-state index in [0.29, 0.717) is 37.4 Å². The molecule has 0 radical (unpaired) electrons. The van der Waals surface area contributed by atoms with Gasteiger partial charge in [-0.15, -0.1) is 0 Å². The van der Waals surface area contributed by atoms with Crippen LogP contribution in [0.3, 0.4) is 0 Å². The van der Waals surface area contributed by atoms with Gasteiger partial charge in [-0.3, -0.25) is 9.59 Å². The lowest BCUT2D eigenvalue weighted by atomic mass is 9.97. The summed E-state index contributed by atoms with van der Waals surface area (Å²) in [5, 5.41) is 2.02. The van der Waals surface area contributed by atoms with Crippen LogP contribution >= 0.6 is 0 Å². The van der Waals surface area contributed by atoms with Crippen LogP contribution in [0.25, 0.3) is 21.9 Å². The summed E-state index contributed by atoms with van der Waals surface area (Å²) in [5.74, 6) is 0.587. The Hall–Kier alpha value is -3.14. The molecule has 1 aliphatic rings. The number of carbonyl (C=O) groups excluding carboxylic acids is 2. The first-order valence-corrected chi connectivity index (χ1v) is 9.69. The molecule has 4 heteroatoms. The number of hydrogen-bond acceptors (Lipinski definition) is 4. The molecule has 0 saturated carbocycles. The van der Waals surface area contributed by atoms with E-state index in [1.54, 1.807) is 6.92 Å². The highest BCUT2D eigenvalue weighted by atomic mass is 16.5. The van der Waals surface area contributed by atoms with Gasteiger partial charge in [-0.1, -0.05) is 48.5 Å². The third-order valence-electron chi connectivity index (χ3n) is 5.03. The number of carbonyl (C=O) groups is 2. The number of ketones is 1. The van der Waals surface area contributed by atoms with Crippen LogP contribution in [0.1, 0.15) is 42.1 Å². The van der Waals surface area contributed by atoms with Crippen LogP contribution in [0.2, 0.25) is 0 Å². The average molecular weight is 374 g/mol. The highest BCUT2D eigenvalue weighted by molar-refractivity contribution is 6.26. The molecule has 4 nitrogen and oxygen atoms in total. The zero-order chi connectivity index (χ0) is 19.5. The van der Waals surface area contributed by atoms with Crippen molar-refractivity contribution in [2.75, 3.05) is 13.2 Å². The quantitative estimate of drug-likeness (QED) is 0.331. The van der Waals surface area contributed by atoms with Crippen LogP contribution in [-0.4, -0.2) is 25.0 Å². The number of ether oxygens (including phenoxy) is 2. The van der Waals surface area contributed by atoms with Crippen molar-refractivity contribution in [2.24, 2.45) is 0 Å². The zero-order valence-electron chi connectivity index (χ0n) is 15.9. The summed E-state index contributed by atoms with van der Waals surface area (Å²) < 4.78 is 11.0. The molecule has 0 amide bonds.